The molecule has 0 unspecified atom stereocenters. The van der Waals surface area contributed by atoms with Crippen LogP contribution in [0.25, 0.3) is 11.1 Å². The van der Waals surface area contributed by atoms with Gasteiger partial charge in [-0.25, -0.2) is 12.2 Å². The number of allylic oxidation sites excluding steroid dienone is 4. The number of hydrogen-bond donors (Lipinski definition) is 0. The predicted octanol–water partition coefficient (Wildman–Crippen LogP) is 5.91. The van der Waals surface area contributed by atoms with Gasteiger partial charge in [0.15, 0.2) is 0 Å². The first-order chi connectivity index (χ1) is 20.6. The Hall–Kier alpha value is -1.35. The average molecular weight is 857 g/mol. The van der Waals surface area contributed by atoms with E-state index in [-0.39, 0.29) is 35.6 Å². The number of rotatable bonds is 2. The predicted molar refractivity (Wildman–Crippen MR) is 193 cm³/mol. The minimum absolute atomic E-state index is 0. The normalized spacial score (nSPS) is 12.4. The van der Waals surface area contributed by atoms with E-state index in [0.29, 0.717) is 0 Å². The fraction of sp³-hybridized carbons (Fsp3) is 0.293. The third kappa shape index (κ3) is 10.6. The van der Waals surface area contributed by atoms with Crippen molar-refractivity contribution in [2.75, 3.05) is 0 Å². The van der Waals surface area contributed by atoms with Gasteiger partial charge in [-0.1, -0.05) is 71.6 Å². The molecule has 4 aromatic rings. The third-order valence-corrected chi connectivity index (χ3v) is 10.3. The molecular formula is C41H42Br2Cl2Zr-2. The summed E-state index contributed by atoms with van der Waals surface area (Å²) in [6.45, 7) is 18.2. The second kappa shape index (κ2) is 17.4. The molecule has 2 aliphatic rings. The molecule has 0 saturated heterocycles. The van der Waals surface area contributed by atoms with Crippen LogP contribution in [0.3, 0.4) is 0 Å². The first-order valence-electron chi connectivity index (χ1n) is 15.2. The first kappa shape index (κ1) is 40.8. The van der Waals surface area contributed by atoms with Gasteiger partial charge in [-0.2, -0.15) is 23.8 Å². The minimum Gasteiger partial charge on any atom is -1.00 e. The molecule has 0 radical (unpaired) electrons. The van der Waals surface area contributed by atoms with Gasteiger partial charge >= 0.3 is 128 Å². The molecule has 4 aromatic carbocycles. The summed E-state index contributed by atoms with van der Waals surface area (Å²) in [6.07, 6.45) is 11.0. The molecule has 240 valence electrons. The van der Waals surface area contributed by atoms with Crippen LogP contribution in [0.4, 0.5) is 0 Å². The van der Waals surface area contributed by atoms with Crippen molar-refractivity contribution in [1.29, 1.82) is 0 Å². The maximum atomic E-state index is 3.69. The minimum atomic E-state index is 0. The Kier molecular flexibility index (Phi) is 15.4. The summed E-state index contributed by atoms with van der Waals surface area (Å²) in [5.41, 5.74) is 14.2. The molecule has 0 saturated carbocycles. The molecule has 0 fully saturated rings. The molecule has 46 heavy (non-hydrogen) atoms. The van der Waals surface area contributed by atoms with Crippen LogP contribution in [0.1, 0.15) is 92.5 Å². The van der Waals surface area contributed by atoms with Crippen molar-refractivity contribution in [2.24, 2.45) is 0 Å². The Morgan fingerprint density at radius 3 is 1.72 bits per heavy atom. The van der Waals surface area contributed by atoms with Crippen LogP contribution in [-0.2, 0) is 41.5 Å². The maximum Gasteiger partial charge on any atom is -0.0129 e. The Balaban J connectivity index is 0.000000278. The zero-order valence-electron chi connectivity index (χ0n) is 28.0. The SMILES string of the molecule is Brc1cccc([C](=[Zr+2])c2cccc(Br)c2)c1.Cc1[c-]c2c(cc1C(C)(C)C)-c1cc(C(C)(C)C)c(C)cc1C2.[C-]1=CC=CC1.[Cl-].[Cl-]. The van der Waals surface area contributed by atoms with Crippen LogP contribution in [0.5, 0.6) is 0 Å². The van der Waals surface area contributed by atoms with Crippen molar-refractivity contribution in [3.8, 4) is 11.1 Å². The van der Waals surface area contributed by atoms with E-state index < -0.39 is 0 Å². The van der Waals surface area contributed by atoms with E-state index in [1.54, 1.807) is 0 Å². The van der Waals surface area contributed by atoms with Crippen molar-refractivity contribution in [3.05, 3.63) is 151 Å². The number of benzene rings is 4. The molecule has 0 amide bonds. The zero-order chi connectivity index (χ0) is 32.2. The van der Waals surface area contributed by atoms with Crippen molar-refractivity contribution in [3.63, 3.8) is 0 Å². The van der Waals surface area contributed by atoms with Crippen molar-refractivity contribution in [1.82, 2.24) is 0 Å². The van der Waals surface area contributed by atoms with Crippen LogP contribution in [0.15, 0.2) is 93.9 Å². The molecule has 0 N–H and O–H groups in total. The van der Waals surface area contributed by atoms with Gasteiger partial charge in [0.05, 0.1) is 0 Å². The largest absolute Gasteiger partial charge is 1.00 e. The van der Waals surface area contributed by atoms with Gasteiger partial charge in [0, 0.05) is 0 Å². The molecule has 0 spiro atoms. The fourth-order valence-corrected chi connectivity index (χ4v) is 7.38. The number of fused-ring (bicyclic) bond motifs is 3. The second-order valence-electron chi connectivity index (χ2n) is 13.6. The van der Waals surface area contributed by atoms with Crippen LogP contribution in [-0.4, -0.2) is 3.21 Å². The summed E-state index contributed by atoms with van der Waals surface area (Å²) in [7, 11) is 0. The topological polar surface area (TPSA) is 0 Å². The molecule has 0 atom stereocenters. The van der Waals surface area contributed by atoms with Crippen LogP contribution >= 0.6 is 31.9 Å². The Morgan fingerprint density at radius 1 is 0.739 bits per heavy atom. The Labute approximate surface area is 322 Å². The number of halogens is 4. The molecular weight excluding hydrogens is 814 g/mol. The Bertz CT molecular complexity index is 1610. The first-order valence-corrected chi connectivity index (χ1v) is 18.0. The van der Waals surface area contributed by atoms with Crippen molar-refractivity contribution < 1.29 is 49.0 Å². The summed E-state index contributed by atoms with van der Waals surface area (Å²) in [4.78, 5) is 0. The van der Waals surface area contributed by atoms with E-state index in [0.717, 1.165) is 21.8 Å². The van der Waals surface area contributed by atoms with Gasteiger partial charge in [-0.05, 0) is 35.4 Å². The summed E-state index contributed by atoms with van der Waals surface area (Å²) in [5.74, 6) is 0. The summed E-state index contributed by atoms with van der Waals surface area (Å²) in [6, 6.07) is 27.8. The number of aryl methyl sites for hydroxylation is 2. The summed E-state index contributed by atoms with van der Waals surface area (Å²) in [5, 5.41) is 0. The van der Waals surface area contributed by atoms with E-state index in [1.807, 2.05) is 24.3 Å². The molecule has 0 heterocycles. The maximum absolute atomic E-state index is 3.69. The molecule has 6 rings (SSSR count). The number of hydrogen-bond acceptors (Lipinski definition) is 0. The van der Waals surface area contributed by atoms with E-state index in [4.69, 9.17) is 0 Å². The van der Waals surface area contributed by atoms with Gasteiger partial charge < -0.3 is 24.8 Å². The molecule has 0 aromatic heterocycles. The second-order valence-corrected chi connectivity index (χ2v) is 16.7. The van der Waals surface area contributed by atoms with Crippen molar-refractivity contribution in [2.45, 2.75) is 79.1 Å². The van der Waals surface area contributed by atoms with Crippen molar-refractivity contribution >= 4 is 35.1 Å². The van der Waals surface area contributed by atoms with E-state index in [2.05, 4.69) is 160 Å². The standard InChI is InChI=1S/C23H29.C13H8Br2.C5H5.2ClH.Zr/c1-14-9-16-11-17-10-15(2)21(23(6,7)8)13-19(17)18(16)12-20(14)22(3,4)5;14-12-5-1-3-10(8-12)7-11-4-2-6-13(15)9-11;1-2-4-5-3-1;;;/h9,12-13H,11H2,1-8H3;1-6,8-9H;1-3H,4H2;2*1H;/q-1;;-1;;;+2/p-2. The van der Waals surface area contributed by atoms with Gasteiger partial charge in [-0.3, -0.25) is 6.08 Å². The van der Waals surface area contributed by atoms with Crippen LogP contribution in [0.2, 0.25) is 0 Å². The third-order valence-electron chi connectivity index (χ3n) is 7.89. The van der Waals surface area contributed by atoms with Gasteiger partial charge in [0.2, 0.25) is 0 Å². The Morgan fingerprint density at radius 2 is 1.28 bits per heavy atom. The molecule has 0 nitrogen and oxygen atoms in total. The van der Waals surface area contributed by atoms with E-state index in [9.17, 15) is 0 Å². The van der Waals surface area contributed by atoms with Gasteiger partial charge in [0.1, 0.15) is 0 Å². The molecule has 2 aliphatic carbocycles. The van der Waals surface area contributed by atoms with Crippen LogP contribution in [0, 0.1) is 26.0 Å². The monoisotopic (exact) mass is 852 g/mol. The quantitative estimate of drug-likeness (QED) is 0.194. The molecule has 5 heteroatoms. The van der Waals surface area contributed by atoms with Gasteiger partial charge in [-0.15, -0.1) is 23.1 Å². The van der Waals surface area contributed by atoms with Crippen LogP contribution < -0.4 is 24.8 Å². The van der Waals surface area contributed by atoms with E-state index >= 15 is 0 Å². The van der Waals surface area contributed by atoms with Gasteiger partial charge in [0.25, 0.3) is 0 Å². The van der Waals surface area contributed by atoms with E-state index in [1.165, 1.54) is 83.1 Å². The summed E-state index contributed by atoms with van der Waals surface area (Å²) < 4.78 is 3.62. The summed E-state index contributed by atoms with van der Waals surface area (Å²) >= 11 is 8.43. The smallest absolute Gasteiger partial charge is 0.0129 e. The average Bonchev–Trinajstić information content (AvgIpc) is 3.62. The zero-order valence-corrected chi connectivity index (χ0v) is 35.2. The molecule has 0 aliphatic heterocycles. The molecule has 0 bridgehead atoms. The fourth-order valence-electron chi connectivity index (χ4n) is 5.82.